The second-order valence-electron chi connectivity index (χ2n) is 2.98. The van der Waals surface area contributed by atoms with Crippen LogP contribution in [-0.4, -0.2) is 29.0 Å². The lowest BCUT2D eigenvalue weighted by Crippen LogP contribution is -2.17. The van der Waals surface area contributed by atoms with E-state index in [1.165, 1.54) is 0 Å². The topological polar surface area (TPSA) is 46.4 Å². The van der Waals surface area contributed by atoms with Gasteiger partial charge in [-0.15, -0.1) is 0 Å². The highest BCUT2D eigenvalue weighted by Gasteiger charge is 2.08. The van der Waals surface area contributed by atoms with Crippen LogP contribution in [0.5, 0.6) is 0 Å². The van der Waals surface area contributed by atoms with Crippen LogP contribution < -0.4 is 0 Å². The molecular weight excluding hydrogens is 168 g/mol. The minimum atomic E-state index is -0.480. The third-order valence-corrected chi connectivity index (χ3v) is 1.97. The maximum Gasteiger partial charge on any atom is 0.213 e. The van der Waals surface area contributed by atoms with Gasteiger partial charge in [0.25, 0.3) is 0 Å². The fourth-order valence-corrected chi connectivity index (χ4v) is 0.927. The summed E-state index contributed by atoms with van der Waals surface area (Å²) >= 11 is 0. The van der Waals surface area contributed by atoms with Gasteiger partial charge in [0.1, 0.15) is 0 Å². The van der Waals surface area contributed by atoms with Crippen molar-refractivity contribution >= 4 is 0 Å². The molecule has 0 bridgehead atoms. The standard InChI is InChI=1S/C9H18N2O2/c1-4-10(5-2)8-6-7-9(3)11(12)13/h6,8-9H,4-5,7H2,1-3H3. The van der Waals surface area contributed by atoms with Gasteiger partial charge >= 0.3 is 0 Å². The molecule has 0 aromatic carbocycles. The smallest absolute Gasteiger partial charge is 0.213 e. The Morgan fingerprint density at radius 2 is 2.00 bits per heavy atom. The Balaban J connectivity index is 3.79. The Kier molecular flexibility index (Phi) is 5.93. The van der Waals surface area contributed by atoms with Gasteiger partial charge in [0.15, 0.2) is 0 Å². The first-order chi connectivity index (χ1) is 6.11. The van der Waals surface area contributed by atoms with E-state index in [0.717, 1.165) is 13.1 Å². The van der Waals surface area contributed by atoms with Crippen LogP contribution in [0.1, 0.15) is 27.2 Å². The van der Waals surface area contributed by atoms with E-state index in [0.29, 0.717) is 6.42 Å². The first-order valence-corrected chi connectivity index (χ1v) is 4.66. The van der Waals surface area contributed by atoms with Gasteiger partial charge in [0.2, 0.25) is 6.04 Å². The lowest BCUT2D eigenvalue weighted by Gasteiger charge is -2.14. The van der Waals surface area contributed by atoms with Crippen molar-refractivity contribution in [2.24, 2.45) is 0 Å². The molecule has 0 rings (SSSR count). The molecule has 0 N–H and O–H groups in total. The van der Waals surface area contributed by atoms with Gasteiger partial charge in [-0.25, -0.2) is 0 Å². The summed E-state index contributed by atoms with van der Waals surface area (Å²) in [6, 6.07) is -0.480. The minimum absolute atomic E-state index is 0.257. The highest BCUT2D eigenvalue weighted by Crippen LogP contribution is 1.98. The first-order valence-electron chi connectivity index (χ1n) is 4.66. The van der Waals surface area contributed by atoms with E-state index in [4.69, 9.17) is 0 Å². The molecule has 1 atom stereocenters. The highest BCUT2D eigenvalue weighted by molar-refractivity contribution is 4.83. The number of hydrogen-bond acceptors (Lipinski definition) is 3. The Morgan fingerprint density at radius 3 is 2.38 bits per heavy atom. The molecule has 0 saturated carbocycles. The zero-order chi connectivity index (χ0) is 10.3. The Morgan fingerprint density at radius 1 is 1.46 bits per heavy atom. The molecule has 0 aromatic rings. The highest BCUT2D eigenvalue weighted by atomic mass is 16.6. The van der Waals surface area contributed by atoms with Crippen LogP contribution >= 0.6 is 0 Å². The molecule has 0 fully saturated rings. The van der Waals surface area contributed by atoms with Crippen LogP contribution in [0.25, 0.3) is 0 Å². The summed E-state index contributed by atoms with van der Waals surface area (Å²) in [7, 11) is 0. The van der Waals surface area contributed by atoms with Gasteiger partial charge in [-0.3, -0.25) is 10.1 Å². The average molecular weight is 186 g/mol. The van der Waals surface area contributed by atoms with Gasteiger partial charge < -0.3 is 4.90 Å². The van der Waals surface area contributed by atoms with E-state index >= 15 is 0 Å². The van der Waals surface area contributed by atoms with Crippen molar-refractivity contribution in [1.82, 2.24) is 4.90 Å². The zero-order valence-corrected chi connectivity index (χ0v) is 8.56. The lowest BCUT2D eigenvalue weighted by molar-refractivity contribution is -0.517. The molecule has 0 amide bonds. The molecule has 0 spiro atoms. The third kappa shape index (κ3) is 5.22. The van der Waals surface area contributed by atoms with Crippen LogP contribution in [0.3, 0.4) is 0 Å². The van der Waals surface area contributed by atoms with Crippen molar-refractivity contribution in [2.75, 3.05) is 13.1 Å². The number of rotatable bonds is 6. The van der Waals surface area contributed by atoms with E-state index in [9.17, 15) is 10.1 Å². The van der Waals surface area contributed by atoms with E-state index < -0.39 is 6.04 Å². The van der Waals surface area contributed by atoms with Crippen molar-refractivity contribution in [3.8, 4) is 0 Å². The third-order valence-electron chi connectivity index (χ3n) is 1.97. The van der Waals surface area contributed by atoms with E-state index in [1.807, 2.05) is 12.3 Å². The molecule has 1 unspecified atom stereocenters. The van der Waals surface area contributed by atoms with Crippen molar-refractivity contribution in [1.29, 1.82) is 0 Å². The second kappa shape index (κ2) is 6.46. The van der Waals surface area contributed by atoms with Crippen LogP contribution in [0, 0.1) is 10.1 Å². The van der Waals surface area contributed by atoms with Gasteiger partial charge in [-0.1, -0.05) is 6.08 Å². The molecular formula is C9H18N2O2. The molecule has 0 heterocycles. The van der Waals surface area contributed by atoms with Gasteiger partial charge in [-0.05, 0) is 20.0 Å². The average Bonchev–Trinajstić information content (AvgIpc) is 2.12. The predicted molar refractivity (Wildman–Crippen MR) is 53.1 cm³/mol. The van der Waals surface area contributed by atoms with E-state index in [1.54, 1.807) is 6.92 Å². The summed E-state index contributed by atoms with van der Waals surface area (Å²) in [5, 5.41) is 10.3. The normalized spacial score (nSPS) is 13.2. The Hall–Kier alpha value is -1.06. The molecule has 0 aromatic heterocycles. The van der Waals surface area contributed by atoms with Gasteiger partial charge in [0.05, 0.1) is 0 Å². The Labute approximate surface area is 79.4 Å². The molecule has 0 saturated heterocycles. The lowest BCUT2D eigenvalue weighted by atomic mass is 10.2. The second-order valence-corrected chi connectivity index (χ2v) is 2.98. The summed E-state index contributed by atoms with van der Waals surface area (Å²) in [4.78, 5) is 12.1. The number of hydrogen-bond donors (Lipinski definition) is 0. The summed E-state index contributed by atoms with van der Waals surface area (Å²) in [5.74, 6) is 0. The summed E-state index contributed by atoms with van der Waals surface area (Å²) in [5.41, 5.74) is 0. The van der Waals surface area contributed by atoms with Crippen LogP contribution in [-0.2, 0) is 0 Å². The van der Waals surface area contributed by atoms with Gasteiger partial charge in [-0.2, -0.15) is 0 Å². The van der Waals surface area contributed by atoms with Crippen LogP contribution in [0.15, 0.2) is 12.3 Å². The molecule has 0 aliphatic heterocycles. The van der Waals surface area contributed by atoms with Crippen LogP contribution in [0.2, 0.25) is 0 Å². The minimum Gasteiger partial charge on any atom is -0.378 e. The number of nitro groups is 1. The molecule has 4 heteroatoms. The summed E-state index contributed by atoms with van der Waals surface area (Å²) < 4.78 is 0. The van der Waals surface area contributed by atoms with Crippen molar-refractivity contribution in [3.63, 3.8) is 0 Å². The number of nitrogens with zero attached hydrogens (tertiary/aromatic N) is 2. The van der Waals surface area contributed by atoms with Crippen LogP contribution in [0.4, 0.5) is 0 Å². The largest absolute Gasteiger partial charge is 0.378 e. The monoisotopic (exact) mass is 186 g/mol. The maximum atomic E-state index is 10.3. The molecule has 0 aliphatic rings. The van der Waals surface area contributed by atoms with Gasteiger partial charge in [0, 0.05) is 31.4 Å². The molecule has 13 heavy (non-hydrogen) atoms. The molecule has 76 valence electrons. The molecule has 4 nitrogen and oxygen atoms in total. The first kappa shape index (κ1) is 11.9. The molecule has 0 radical (unpaired) electrons. The van der Waals surface area contributed by atoms with Crippen molar-refractivity contribution < 1.29 is 4.92 Å². The molecule has 0 aliphatic carbocycles. The quantitative estimate of drug-likeness (QED) is 0.470. The van der Waals surface area contributed by atoms with Crippen molar-refractivity contribution in [2.45, 2.75) is 33.2 Å². The zero-order valence-electron chi connectivity index (χ0n) is 8.56. The Bertz CT molecular complexity index is 176. The van der Waals surface area contributed by atoms with Crippen molar-refractivity contribution in [3.05, 3.63) is 22.4 Å². The fourth-order valence-electron chi connectivity index (χ4n) is 0.927. The summed E-state index contributed by atoms with van der Waals surface area (Å²) in [6.45, 7) is 7.63. The SMILES string of the molecule is CCN(C=CCC(C)[N+](=O)[O-])CC. The van der Waals surface area contributed by atoms with E-state index in [2.05, 4.69) is 18.7 Å². The fraction of sp³-hybridized carbons (Fsp3) is 0.778. The van der Waals surface area contributed by atoms with E-state index in [-0.39, 0.29) is 4.92 Å². The summed E-state index contributed by atoms with van der Waals surface area (Å²) in [6.07, 6.45) is 4.30. The maximum absolute atomic E-state index is 10.3. The predicted octanol–water partition coefficient (Wildman–Crippen LogP) is 1.90.